The summed E-state index contributed by atoms with van der Waals surface area (Å²) >= 11 is 7.63. The van der Waals surface area contributed by atoms with E-state index in [1.165, 1.54) is 0 Å². The fourth-order valence-corrected chi connectivity index (χ4v) is 2.43. The zero-order valence-electron chi connectivity index (χ0n) is 9.33. The van der Waals surface area contributed by atoms with Crippen LogP contribution in [0.15, 0.2) is 17.8 Å². The van der Waals surface area contributed by atoms with Crippen LogP contribution in [0.2, 0.25) is 0 Å². The fraction of sp³-hybridized carbons (Fsp3) is 0.455. The van der Waals surface area contributed by atoms with Crippen LogP contribution in [-0.4, -0.2) is 21.4 Å². The maximum Gasteiger partial charge on any atom is 0.147 e. The van der Waals surface area contributed by atoms with Crippen molar-refractivity contribution in [3.05, 3.63) is 17.8 Å². The van der Waals surface area contributed by atoms with Crippen LogP contribution in [0.4, 0.5) is 5.82 Å². The van der Waals surface area contributed by atoms with Crippen molar-refractivity contribution in [1.82, 2.24) is 9.97 Å². The van der Waals surface area contributed by atoms with Gasteiger partial charge in [-0.2, -0.15) is 0 Å². The van der Waals surface area contributed by atoms with Crippen LogP contribution in [0, 0.1) is 0 Å². The van der Waals surface area contributed by atoms with Crippen molar-refractivity contribution in [3.8, 4) is 0 Å². The largest absolute Gasteiger partial charge is 0.362 e. The Morgan fingerprint density at radius 1 is 1.50 bits per heavy atom. The molecule has 0 saturated heterocycles. The maximum absolute atomic E-state index is 5.98. The minimum absolute atomic E-state index is 0.118. The van der Waals surface area contributed by atoms with Crippen molar-refractivity contribution in [2.24, 2.45) is 0 Å². The van der Waals surface area contributed by atoms with E-state index in [1.807, 2.05) is 11.4 Å². The number of rotatable bonds is 4. The highest BCUT2D eigenvalue weighted by atomic mass is 35.5. The molecule has 1 unspecified atom stereocenters. The third kappa shape index (κ3) is 2.13. The topological polar surface area (TPSA) is 37.8 Å². The average Bonchev–Trinajstić information content (AvgIpc) is 2.78. The van der Waals surface area contributed by atoms with Crippen molar-refractivity contribution < 1.29 is 0 Å². The molecule has 0 aliphatic rings. The Labute approximate surface area is 104 Å². The van der Waals surface area contributed by atoms with Gasteiger partial charge in [-0.3, -0.25) is 0 Å². The van der Waals surface area contributed by atoms with Gasteiger partial charge in [0.1, 0.15) is 12.1 Å². The molecule has 0 spiro atoms. The van der Waals surface area contributed by atoms with Crippen LogP contribution in [0.5, 0.6) is 0 Å². The van der Waals surface area contributed by atoms with Crippen molar-refractivity contribution in [1.29, 1.82) is 0 Å². The van der Waals surface area contributed by atoms with E-state index in [0.717, 1.165) is 22.5 Å². The highest BCUT2D eigenvalue weighted by molar-refractivity contribution is 7.17. The molecule has 2 aromatic heterocycles. The van der Waals surface area contributed by atoms with Crippen LogP contribution in [0.25, 0.3) is 10.2 Å². The first-order valence-corrected chi connectivity index (χ1v) is 6.62. The van der Waals surface area contributed by atoms with Crippen LogP contribution in [-0.2, 0) is 0 Å². The Hall–Kier alpha value is -0.870. The molecule has 2 rings (SSSR count). The van der Waals surface area contributed by atoms with E-state index >= 15 is 0 Å². The Bertz CT molecular complexity index is 479. The molecule has 0 aromatic carbocycles. The van der Waals surface area contributed by atoms with E-state index in [1.54, 1.807) is 17.7 Å². The Balaban J connectivity index is 2.37. The summed E-state index contributed by atoms with van der Waals surface area (Å²) in [4.78, 5) is 8.50. The van der Waals surface area contributed by atoms with Gasteiger partial charge >= 0.3 is 0 Å². The van der Waals surface area contributed by atoms with E-state index < -0.39 is 0 Å². The monoisotopic (exact) mass is 255 g/mol. The summed E-state index contributed by atoms with van der Waals surface area (Å²) in [6.45, 7) is 4.21. The van der Waals surface area contributed by atoms with Gasteiger partial charge in [-0.05, 0) is 24.8 Å². The smallest absolute Gasteiger partial charge is 0.147 e. The number of aromatic nitrogens is 2. The minimum Gasteiger partial charge on any atom is -0.362 e. The lowest BCUT2D eigenvalue weighted by molar-refractivity contribution is 0.552. The number of hydrogen-bond donors (Lipinski definition) is 1. The lowest BCUT2D eigenvalue weighted by Crippen LogP contribution is -2.36. The molecular formula is C11H14ClN3S. The molecule has 5 heteroatoms. The van der Waals surface area contributed by atoms with Gasteiger partial charge in [-0.25, -0.2) is 9.97 Å². The maximum atomic E-state index is 5.98. The molecule has 2 heterocycles. The number of hydrogen-bond acceptors (Lipinski definition) is 4. The summed E-state index contributed by atoms with van der Waals surface area (Å²) in [5, 5.41) is 5.43. The van der Waals surface area contributed by atoms with Gasteiger partial charge in [-0.1, -0.05) is 6.92 Å². The predicted octanol–water partition coefficient (Wildman–Crippen LogP) is 3.51. The second-order valence-corrected chi connectivity index (χ2v) is 5.21. The Kier molecular flexibility index (Phi) is 3.30. The summed E-state index contributed by atoms with van der Waals surface area (Å²) in [7, 11) is 0. The van der Waals surface area contributed by atoms with E-state index in [-0.39, 0.29) is 5.54 Å². The minimum atomic E-state index is -0.118. The SMILES string of the molecule is CCC(C)(CCl)Nc1ncnc2ccsc12. The second kappa shape index (κ2) is 4.55. The molecule has 3 nitrogen and oxygen atoms in total. The molecule has 0 fully saturated rings. The van der Waals surface area contributed by atoms with Gasteiger partial charge in [-0.15, -0.1) is 22.9 Å². The predicted molar refractivity (Wildman–Crippen MR) is 70.5 cm³/mol. The summed E-state index contributed by atoms with van der Waals surface area (Å²) < 4.78 is 1.09. The van der Waals surface area contributed by atoms with Gasteiger partial charge in [0.2, 0.25) is 0 Å². The number of alkyl halides is 1. The molecule has 0 aliphatic carbocycles. The zero-order chi connectivity index (χ0) is 11.6. The first-order chi connectivity index (χ1) is 7.68. The molecule has 16 heavy (non-hydrogen) atoms. The van der Waals surface area contributed by atoms with Crippen LogP contribution in [0.3, 0.4) is 0 Å². The van der Waals surface area contributed by atoms with Crippen molar-refractivity contribution in [3.63, 3.8) is 0 Å². The highest BCUT2D eigenvalue weighted by Gasteiger charge is 2.22. The second-order valence-electron chi connectivity index (χ2n) is 4.03. The molecule has 2 aromatic rings. The van der Waals surface area contributed by atoms with Gasteiger partial charge in [0.25, 0.3) is 0 Å². The van der Waals surface area contributed by atoms with Gasteiger partial charge in [0, 0.05) is 11.4 Å². The lowest BCUT2D eigenvalue weighted by atomic mass is 10.0. The molecule has 0 radical (unpaired) electrons. The zero-order valence-corrected chi connectivity index (χ0v) is 10.9. The third-order valence-electron chi connectivity index (χ3n) is 2.74. The summed E-state index contributed by atoms with van der Waals surface area (Å²) in [6.07, 6.45) is 2.54. The van der Waals surface area contributed by atoms with Crippen LogP contribution < -0.4 is 5.32 Å². The average molecular weight is 256 g/mol. The number of fused-ring (bicyclic) bond motifs is 1. The van der Waals surface area contributed by atoms with E-state index in [2.05, 4.69) is 29.1 Å². The summed E-state index contributed by atoms with van der Waals surface area (Å²) in [6, 6.07) is 2.00. The molecule has 0 amide bonds. The molecule has 1 atom stereocenters. The number of anilines is 1. The number of halogens is 1. The lowest BCUT2D eigenvalue weighted by Gasteiger charge is -2.27. The quantitative estimate of drug-likeness (QED) is 0.850. The van der Waals surface area contributed by atoms with Gasteiger partial charge < -0.3 is 5.32 Å². The highest BCUT2D eigenvalue weighted by Crippen LogP contribution is 2.28. The van der Waals surface area contributed by atoms with Crippen molar-refractivity contribution >= 4 is 39.0 Å². The van der Waals surface area contributed by atoms with E-state index in [0.29, 0.717) is 5.88 Å². The number of thiophene rings is 1. The molecule has 86 valence electrons. The molecule has 0 saturated carbocycles. The Morgan fingerprint density at radius 2 is 2.31 bits per heavy atom. The third-order valence-corrected chi connectivity index (χ3v) is 4.24. The molecule has 1 N–H and O–H groups in total. The van der Waals surface area contributed by atoms with Gasteiger partial charge in [0.05, 0.1) is 10.2 Å². The normalized spacial score (nSPS) is 14.9. The standard InChI is InChI=1S/C11H14ClN3S/c1-3-11(2,6-12)15-10-9-8(4-5-16-9)13-7-14-10/h4-5,7H,3,6H2,1-2H3,(H,13,14,15). The molecule has 0 bridgehead atoms. The van der Waals surface area contributed by atoms with Gasteiger partial charge in [0.15, 0.2) is 0 Å². The van der Waals surface area contributed by atoms with Crippen LogP contribution in [0.1, 0.15) is 20.3 Å². The van der Waals surface area contributed by atoms with E-state index in [9.17, 15) is 0 Å². The number of nitrogens with one attached hydrogen (secondary N) is 1. The molecular weight excluding hydrogens is 242 g/mol. The van der Waals surface area contributed by atoms with Crippen LogP contribution >= 0.6 is 22.9 Å². The fourth-order valence-electron chi connectivity index (χ4n) is 1.38. The number of nitrogens with zero attached hydrogens (tertiary/aromatic N) is 2. The van der Waals surface area contributed by atoms with E-state index in [4.69, 9.17) is 11.6 Å². The van der Waals surface area contributed by atoms with Crippen molar-refractivity contribution in [2.75, 3.05) is 11.2 Å². The summed E-state index contributed by atoms with van der Waals surface area (Å²) in [5.41, 5.74) is 0.864. The first-order valence-electron chi connectivity index (χ1n) is 5.21. The first kappa shape index (κ1) is 11.6. The Morgan fingerprint density at radius 3 is 3.00 bits per heavy atom. The summed E-state index contributed by atoms with van der Waals surface area (Å²) in [5.74, 6) is 1.44. The molecule has 0 aliphatic heterocycles. The van der Waals surface area contributed by atoms with Crippen molar-refractivity contribution in [2.45, 2.75) is 25.8 Å².